The lowest BCUT2D eigenvalue weighted by Gasteiger charge is -2.25. The van der Waals surface area contributed by atoms with Crippen molar-refractivity contribution in [1.82, 2.24) is 24.3 Å². The molecule has 46 heavy (non-hydrogen) atoms. The van der Waals surface area contributed by atoms with Crippen molar-refractivity contribution in [2.24, 2.45) is 0 Å². The van der Waals surface area contributed by atoms with Crippen LogP contribution in [-0.2, 0) is 27.9 Å². The number of benzene rings is 3. The summed E-state index contributed by atoms with van der Waals surface area (Å²) in [5.41, 5.74) is 7.11. The fourth-order valence-electron chi connectivity index (χ4n) is 6.07. The van der Waals surface area contributed by atoms with Gasteiger partial charge in [0.15, 0.2) is 0 Å². The molecule has 5 aromatic rings. The summed E-state index contributed by atoms with van der Waals surface area (Å²) < 4.78 is 37.2. The fourth-order valence-corrected chi connectivity index (χ4v) is 7.59. The molecule has 2 aromatic heterocycles. The Bertz CT molecular complexity index is 1990. The Morgan fingerprint density at radius 1 is 1.04 bits per heavy atom. The van der Waals surface area contributed by atoms with Crippen molar-refractivity contribution < 1.29 is 17.9 Å². The number of hydrogen-bond donors (Lipinski definition) is 1. The van der Waals surface area contributed by atoms with E-state index < -0.39 is 10.0 Å². The van der Waals surface area contributed by atoms with Crippen LogP contribution in [0.15, 0.2) is 83.9 Å². The minimum atomic E-state index is -3.88. The van der Waals surface area contributed by atoms with Crippen LogP contribution in [0.1, 0.15) is 60.4 Å². The average molecular weight is 639 g/mol. The van der Waals surface area contributed by atoms with Gasteiger partial charge in [-0.25, -0.2) is 18.1 Å². The number of rotatable bonds is 9. The van der Waals surface area contributed by atoms with Crippen LogP contribution in [0.5, 0.6) is 5.88 Å². The normalized spacial score (nSPS) is 16.7. The Morgan fingerprint density at radius 2 is 1.85 bits per heavy atom. The molecule has 1 aliphatic rings. The van der Waals surface area contributed by atoms with Crippen LogP contribution in [0.2, 0.25) is 0 Å². The third-order valence-corrected chi connectivity index (χ3v) is 10.5. The van der Waals surface area contributed by atoms with Crippen LogP contribution in [0, 0.1) is 13.8 Å². The topological polar surface area (TPSA) is 119 Å². The third-order valence-electron chi connectivity index (χ3n) is 8.72. The van der Waals surface area contributed by atoms with Gasteiger partial charge in [-0.15, -0.1) is 5.10 Å². The summed E-state index contributed by atoms with van der Waals surface area (Å²) in [7, 11) is -3.88. The first-order valence-corrected chi connectivity index (χ1v) is 17.0. The predicted octanol–water partition coefficient (Wildman–Crippen LogP) is 5.99. The zero-order chi connectivity index (χ0) is 32.4. The van der Waals surface area contributed by atoms with Gasteiger partial charge < -0.3 is 10.1 Å². The number of carbonyl (C=O) groups excluding carboxylic acids is 1. The first kappa shape index (κ1) is 31.4. The van der Waals surface area contributed by atoms with Crippen molar-refractivity contribution in [3.8, 4) is 5.88 Å². The van der Waals surface area contributed by atoms with Gasteiger partial charge in [-0.05, 0) is 85.3 Å². The molecule has 6 rings (SSSR count). The minimum absolute atomic E-state index is 0.0688. The molecule has 0 spiro atoms. The minimum Gasteiger partial charge on any atom is -0.472 e. The summed E-state index contributed by atoms with van der Waals surface area (Å²) in [5, 5.41) is 11.8. The van der Waals surface area contributed by atoms with E-state index >= 15 is 0 Å². The molecular weight excluding hydrogens is 600 g/mol. The van der Waals surface area contributed by atoms with Crippen molar-refractivity contribution in [1.29, 1.82) is 0 Å². The Labute approximate surface area is 269 Å². The van der Waals surface area contributed by atoms with Gasteiger partial charge in [0.25, 0.3) is 0 Å². The molecule has 238 valence electrons. The number of para-hydroxylation sites is 1. The molecule has 3 heterocycles. The molecule has 3 aromatic carbocycles. The number of carbonyl (C=O) groups is 1. The highest BCUT2D eigenvalue weighted by molar-refractivity contribution is 7.89. The van der Waals surface area contributed by atoms with E-state index in [1.807, 2.05) is 87.0 Å². The summed E-state index contributed by atoms with van der Waals surface area (Å²) in [5.74, 6) is -0.313. The number of amides is 1. The predicted molar refractivity (Wildman–Crippen MR) is 177 cm³/mol. The maximum absolute atomic E-state index is 13.9. The average Bonchev–Trinajstić information content (AvgIpc) is 3.45. The maximum Gasteiger partial charge on any atom is 0.248 e. The lowest BCUT2D eigenvalue weighted by atomic mass is 9.84. The summed E-state index contributed by atoms with van der Waals surface area (Å²) in [4.78, 5) is 17.8. The number of aromatic nitrogens is 4. The van der Waals surface area contributed by atoms with Crippen LogP contribution >= 0.6 is 0 Å². The number of pyridine rings is 1. The van der Waals surface area contributed by atoms with Crippen LogP contribution < -0.4 is 10.1 Å². The van der Waals surface area contributed by atoms with Crippen molar-refractivity contribution in [2.75, 3.05) is 11.9 Å². The second-order valence-corrected chi connectivity index (χ2v) is 13.6. The molecule has 0 fully saturated rings. The van der Waals surface area contributed by atoms with E-state index in [-0.39, 0.29) is 48.2 Å². The molecular formula is C35H38N6O4S. The van der Waals surface area contributed by atoms with Gasteiger partial charge in [0, 0.05) is 37.3 Å². The van der Waals surface area contributed by atoms with E-state index in [0.717, 1.165) is 44.5 Å². The monoisotopic (exact) mass is 638 g/mol. The highest BCUT2D eigenvalue weighted by atomic mass is 32.2. The van der Waals surface area contributed by atoms with Gasteiger partial charge in [0.2, 0.25) is 21.8 Å². The van der Waals surface area contributed by atoms with Gasteiger partial charge in [-0.2, -0.15) is 4.31 Å². The first-order chi connectivity index (χ1) is 22.2. The Balaban J connectivity index is 1.40. The second kappa shape index (κ2) is 13.0. The summed E-state index contributed by atoms with van der Waals surface area (Å²) in [6.07, 6.45) is 2.01. The highest BCUT2D eigenvalue weighted by Crippen LogP contribution is 2.36. The van der Waals surface area contributed by atoms with E-state index in [0.29, 0.717) is 13.0 Å². The van der Waals surface area contributed by atoms with E-state index in [2.05, 4.69) is 26.7 Å². The number of hydrogen-bond acceptors (Lipinski definition) is 7. The Kier molecular flexibility index (Phi) is 8.88. The van der Waals surface area contributed by atoms with Gasteiger partial charge >= 0.3 is 0 Å². The second-order valence-electron chi connectivity index (χ2n) is 11.7. The molecule has 10 nitrogen and oxygen atoms in total. The van der Waals surface area contributed by atoms with Gasteiger partial charge in [0.1, 0.15) is 16.5 Å². The van der Waals surface area contributed by atoms with E-state index in [9.17, 15) is 13.2 Å². The maximum atomic E-state index is 13.9. The van der Waals surface area contributed by atoms with Crippen LogP contribution in [0.4, 0.5) is 5.69 Å². The summed E-state index contributed by atoms with van der Waals surface area (Å²) >= 11 is 0. The van der Waals surface area contributed by atoms with Gasteiger partial charge in [-0.1, -0.05) is 54.6 Å². The zero-order valence-corrected chi connectivity index (χ0v) is 27.3. The number of fused-ring (bicyclic) bond motifs is 2. The molecule has 0 radical (unpaired) electrons. The SMILES string of the molecule is CC[C@@H]1CN(Cc2cc([C@H](CC(=O)Nc3ccccc3)c3ccc4c(nnn4CC)c3C)ccc2C)S(=O)(=O)c2cccnc2O1. The number of ether oxygens (including phenoxy) is 1. The molecule has 0 saturated heterocycles. The summed E-state index contributed by atoms with van der Waals surface area (Å²) in [6, 6.07) is 22.7. The molecule has 1 amide bonds. The van der Waals surface area contributed by atoms with E-state index in [4.69, 9.17) is 4.74 Å². The quantitative estimate of drug-likeness (QED) is 0.211. The fraction of sp³-hybridized carbons (Fsp3) is 0.314. The van der Waals surface area contributed by atoms with Crippen molar-refractivity contribution >= 4 is 32.7 Å². The molecule has 1 N–H and O–H groups in total. The number of anilines is 1. The van der Waals surface area contributed by atoms with Crippen molar-refractivity contribution in [2.45, 2.75) is 70.5 Å². The van der Waals surface area contributed by atoms with Gasteiger partial charge in [0.05, 0.1) is 12.1 Å². The lowest BCUT2D eigenvalue weighted by molar-refractivity contribution is -0.116. The first-order valence-electron chi connectivity index (χ1n) is 15.6. The van der Waals surface area contributed by atoms with E-state index in [1.165, 1.54) is 4.31 Å². The molecule has 0 bridgehead atoms. The van der Waals surface area contributed by atoms with Crippen LogP contribution in [-0.4, -0.2) is 51.3 Å². The molecule has 0 unspecified atom stereocenters. The van der Waals surface area contributed by atoms with Crippen LogP contribution in [0.25, 0.3) is 11.0 Å². The van der Waals surface area contributed by atoms with Gasteiger partial charge in [-0.3, -0.25) is 4.79 Å². The Morgan fingerprint density at radius 3 is 2.61 bits per heavy atom. The third kappa shape index (κ3) is 6.12. The highest BCUT2D eigenvalue weighted by Gasteiger charge is 2.35. The number of nitrogens with one attached hydrogen (secondary N) is 1. The largest absolute Gasteiger partial charge is 0.472 e. The van der Waals surface area contributed by atoms with Crippen molar-refractivity contribution in [3.63, 3.8) is 0 Å². The molecule has 0 saturated carbocycles. The number of nitrogens with zero attached hydrogens (tertiary/aromatic N) is 5. The smallest absolute Gasteiger partial charge is 0.248 e. The number of aryl methyl sites for hydroxylation is 3. The molecule has 11 heteroatoms. The summed E-state index contributed by atoms with van der Waals surface area (Å²) in [6.45, 7) is 9.04. The van der Waals surface area contributed by atoms with Crippen LogP contribution in [0.3, 0.4) is 0 Å². The lowest BCUT2D eigenvalue weighted by Crippen LogP contribution is -2.36. The molecule has 2 atom stereocenters. The molecule has 1 aliphatic heterocycles. The van der Waals surface area contributed by atoms with E-state index in [1.54, 1.807) is 18.3 Å². The zero-order valence-electron chi connectivity index (χ0n) is 26.5. The number of sulfonamides is 1. The molecule has 0 aliphatic carbocycles. The standard InChI is InChI=1S/C35H38N6O4S/c1-5-28-22-40(46(43,44)32-13-10-18-36-35(32)45-28)21-26-19-25(15-14-23(26)3)30(20-33(42)37-27-11-8-7-9-12-27)29-16-17-31-34(24(29)4)38-39-41(31)6-2/h7-19,28,30H,5-6,20-22H2,1-4H3,(H,37,42)/t28-,30+/m1/s1. The van der Waals surface area contributed by atoms with Crippen molar-refractivity contribution in [3.05, 3.63) is 107 Å². The Hall–Kier alpha value is -4.61.